The molecule has 0 bridgehead atoms. The number of para-hydroxylation sites is 1. The van der Waals surface area contributed by atoms with Crippen LogP contribution in [0.1, 0.15) is 15.9 Å². The van der Waals surface area contributed by atoms with Gasteiger partial charge in [0.25, 0.3) is 0 Å². The summed E-state index contributed by atoms with van der Waals surface area (Å²) in [5.41, 5.74) is 1.80. The van der Waals surface area contributed by atoms with Crippen molar-refractivity contribution in [1.82, 2.24) is 4.98 Å². The van der Waals surface area contributed by atoms with Gasteiger partial charge in [-0.2, -0.15) is 0 Å². The molecule has 0 atom stereocenters. The lowest BCUT2D eigenvalue weighted by Crippen LogP contribution is -2.05. The Morgan fingerprint density at radius 1 is 1.14 bits per heavy atom. The number of carbonyl (C=O) groups excluding carboxylic acids is 1. The predicted octanol–water partition coefficient (Wildman–Crippen LogP) is 4.45. The van der Waals surface area contributed by atoms with Crippen molar-refractivity contribution < 1.29 is 9.18 Å². The number of ketones is 1. The highest BCUT2D eigenvalue weighted by atomic mass is 35.5. The van der Waals surface area contributed by atoms with Gasteiger partial charge in [-0.25, -0.2) is 4.39 Å². The van der Waals surface area contributed by atoms with Crippen LogP contribution in [0.5, 0.6) is 0 Å². The normalized spacial score (nSPS) is 10.8. The summed E-state index contributed by atoms with van der Waals surface area (Å²) in [7, 11) is 0. The van der Waals surface area contributed by atoms with Gasteiger partial charge in [-0.3, -0.25) is 9.78 Å². The first kappa shape index (κ1) is 13.7. The maximum atomic E-state index is 13.4. The second kappa shape index (κ2) is 5.62. The van der Waals surface area contributed by atoms with Crippen LogP contribution in [0.4, 0.5) is 4.39 Å². The van der Waals surface area contributed by atoms with Gasteiger partial charge in [0, 0.05) is 23.6 Å². The number of aromatic nitrogens is 1. The largest absolute Gasteiger partial charge is 0.294 e. The van der Waals surface area contributed by atoms with Crippen LogP contribution in [0.2, 0.25) is 5.02 Å². The number of rotatable bonds is 3. The molecule has 0 fully saturated rings. The van der Waals surface area contributed by atoms with Crippen molar-refractivity contribution >= 4 is 28.3 Å². The second-order valence-corrected chi connectivity index (χ2v) is 5.14. The summed E-state index contributed by atoms with van der Waals surface area (Å²) in [6.45, 7) is 0. The number of hydrogen-bond acceptors (Lipinski definition) is 2. The molecule has 0 amide bonds. The standard InChI is InChI=1S/C17H11ClFNO/c18-14-7-6-11(9-15(14)19)10-16(21)13-5-1-3-12-4-2-8-20-17(12)13/h1-9H,10H2. The van der Waals surface area contributed by atoms with E-state index in [2.05, 4.69) is 4.98 Å². The average Bonchev–Trinajstić information content (AvgIpc) is 2.50. The zero-order chi connectivity index (χ0) is 14.8. The molecule has 0 N–H and O–H groups in total. The van der Waals surface area contributed by atoms with E-state index in [-0.39, 0.29) is 17.2 Å². The third-order valence-electron chi connectivity index (χ3n) is 3.28. The molecule has 0 radical (unpaired) electrons. The fraction of sp³-hybridized carbons (Fsp3) is 0.0588. The molecular formula is C17H11ClFNO. The predicted molar refractivity (Wildman–Crippen MR) is 81.2 cm³/mol. The fourth-order valence-corrected chi connectivity index (χ4v) is 2.38. The number of nitrogens with zero attached hydrogens (tertiary/aromatic N) is 1. The molecule has 21 heavy (non-hydrogen) atoms. The van der Waals surface area contributed by atoms with Gasteiger partial charge in [-0.05, 0) is 29.8 Å². The smallest absolute Gasteiger partial charge is 0.169 e. The number of fused-ring (bicyclic) bond motifs is 1. The zero-order valence-electron chi connectivity index (χ0n) is 11.0. The van der Waals surface area contributed by atoms with Gasteiger partial charge >= 0.3 is 0 Å². The fourth-order valence-electron chi connectivity index (χ4n) is 2.26. The Balaban J connectivity index is 1.95. The minimum absolute atomic E-state index is 0.0537. The monoisotopic (exact) mass is 299 g/mol. The molecule has 0 aliphatic heterocycles. The topological polar surface area (TPSA) is 30.0 Å². The van der Waals surface area contributed by atoms with Crippen LogP contribution >= 0.6 is 11.6 Å². The Labute approximate surface area is 126 Å². The molecule has 0 aliphatic rings. The van der Waals surface area contributed by atoms with E-state index < -0.39 is 5.82 Å². The number of carbonyl (C=O) groups is 1. The van der Waals surface area contributed by atoms with Crippen molar-refractivity contribution in [2.24, 2.45) is 0 Å². The molecule has 0 spiro atoms. The molecule has 104 valence electrons. The molecule has 0 aliphatic carbocycles. The molecule has 3 aromatic rings. The summed E-state index contributed by atoms with van der Waals surface area (Å²) in [5, 5.41) is 0.962. The molecule has 1 aromatic heterocycles. The van der Waals surface area contributed by atoms with Crippen LogP contribution < -0.4 is 0 Å². The molecular weight excluding hydrogens is 289 g/mol. The lowest BCUT2D eigenvalue weighted by Gasteiger charge is -2.05. The Morgan fingerprint density at radius 3 is 2.76 bits per heavy atom. The zero-order valence-corrected chi connectivity index (χ0v) is 11.8. The van der Waals surface area contributed by atoms with Crippen LogP contribution in [-0.2, 0) is 6.42 Å². The van der Waals surface area contributed by atoms with Crippen LogP contribution in [0, 0.1) is 5.82 Å². The third-order valence-corrected chi connectivity index (χ3v) is 3.59. The van der Waals surface area contributed by atoms with Gasteiger partial charge < -0.3 is 0 Å². The SMILES string of the molecule is O=C(Cc1ccc(Cl)c(F)c1)c1cccc2cccnc12. The summed E-state index contributed by atoms with van der Waals surface area (Å²) in [6, 6.07) is 13.6. The quantitative estimate of drug-likeness (QED) is 0.669. The Kier molecular flexibility index (Phi) is 3.67. The second-order valence-electron chi connectivity index (χ2n) is 4.73. The average molecular weight is 300 g/mol. The van der Waals surface area contributed by atoms with Crippen molar-refractivity contribution in [3.8, 4) is 0 Å². The van der Waals surface area contributed by atoms with Crippen LogP contribution in [0.15, 0.2) is 54.7 Å². The van der Waals surface area contributed by atoms with Gasteiger partial charge in [0.2, 0.25) is 0 Å². The molecule has 3 rings (SSSR count). The lowest BCUT2D eigenvalue weighted by molar-refractivity contribution is 0.0994. The molecule has 2 nitrogen and oxygen atoms in total. The van der Waals surface area contributed by atoms with Gasteiger partial charge in [0.15, 0.2) is 5.78 Å². The lowest BCUT2D eigenvalue weighted by atomic mass is 10.0. The number of halogens is 2. The van der Waals surface area contributed by atoms with Crippen molar-refractivity contribution in [3.05, 3.63) is 76.7 Å². The highest BCUT2D eigenvalue weighted by molar-refractivity contribution is 6.30. The first-order chi connectivity index (χ1) is 10.1. The summed E-state index contributed by atoms with van der Waals surface area (Å²) < 4.78 is 13.4. The molecule has 0 saturated carbocycles. The van der Waals surface area contributed by atoms with E-state index in [9.17, 15) is 9.18 Å². The number of benzene rings is 2. The molecule has 0 unspecified atom stereocenters. The summed E-state index contributed by atoms with van der Waals surface area (Å²) in [6.07, 6.45) is 1.77. The van der Waals surface area contributed by atoms with Crippen LogP contribution in [-0.4, -0.2) is 10.8 Å². The highest BCUT2D eigenvalue weighted by Gasteiger charge is 2.12. The molecule has 0 saturated heterocycles. The van der Waals surface area contributed by atoms with Crippen molar-refractivity contribution in [2.75, 3.05) is 0 Å². The van der Waals surface area contributed by atoms with Gasteiger partial charge in [-0.1, -0.05) is 35.9 Å². The minimum Gasteiger partial charge on any atom is -0.294 e. The highest BCUT2D eigenvalue weighted by Crippen LogP contribution is 2.20. The summed E-state index contributed by atoms with van der Waals surface area (Å²) in [4.78, 5) is 16.7. The first-order valence-electron chi connectivity index (χ1n) is 6.46. The number of pyridine rings is 1. The number of Topliss-reactive ketones (excluding diaryl/α,β-unsaturated/α-hetero) is 1. The van der Waals surface area contributed by atoms with Gasteiger partial charge in [0.1, 0.15) is 5.82 Å². The summed E-state index contributed by atoms with van der Waals surface area (Å²) in [5.74, 6) is -0.612. The third kappa shape index (κ3) is 2.78. The van der Waals surface area contributed by atoms with E-state index in [1.54, 1.807) is 18.3 Å². The minimum atomic E-state index is -0.516. The Morgan fingerprint density at radius 2 is 1.95 bits per heavy atom. The van der Waals surface area contributed by atoms with Crippen molar-refractivity contribution in [1.29, 1.82) is 0 Å². The Hall–Kier alpha value is -2.26. The first-order valence-corrected chi connectivity index (χ1v) is 6.84. The van der Waals surface area contributed by atoms with Crippen molar-refractivity contribution in [3.63, 3.8) is 0 Å². The molecule has 4 heteroatoms. The van der Waals surface area contributed by atoms with E-state index >= 15 is 0 Å². The van der Waals surface area contributed by atoms with Crippen LogP contribution in [0.3, 0.4) is 0 Å². The Bertz CT molecular complexity index is 827. The van der Waals surface area contributed by atoms with Gasteiger partial charge in [0.05, 0.1) is 10.5 Å². The van der Waals surface area contributed by atoms with E-state index in [0.29, 0.717) is 16.6 Å². The van der Waals surface area contributed by atoms with E-state index in [4.69, 9.17) is 11.6 Å². The molecule has 1 heterocycles. The van der Waals surface area contributed by atoms with E-state index in [1.807, 2.05) is 24.3 Å². The maximum absolute atomic E-state index is 13.4. The maximum Gasteiger partial charge on any atom is 0.169 e. The van der Waals surface area contributed by atoms with Gasteiger partial charge in [-0.15, -0.1) is 0 Å². The number of hydrogen-bond donors (Lipinski definition) is 0. The molecule has 2 aromatic carbocycles. The van der Waals surface area contributed by atoms with E-state index in [1.165, 1.54) is 12.1 Å². The van der Waals surface area contributed by atoms with Crippen molar-refractivity contribution in [2.45, 2.75) is 6.42 Å². The van der Waals surface area contributed by atoms with Crippen LogP contribution in [0.25, 0.3) is 10.9 Å². The summed E-state index contributed by atoms with van der Waals surface area (Å²) >= 11 is 5.64. The van der Waals surface area contributed by atoms with E-state index in [0.717, 1.165) is 5.39 Å².